The minimum atomic E-state index is -1.17. The normalized spacial score (nSPS) is 14.5. The largest absolute Gasteiger partial charge is 0.454 e. The zero-order valence-electron chi connectivity index (χ0n) is 18.2. The van der Waals surface area contributed by atoms with E-state index in [1.165, 1.54) is 19.8 Å². The van der Waals surface area contributed by atoms with Gasteiger partial charge in [-0.05, 0) is 56.2 Å². The Kier molecular flexibility index (Phi) is 6.32. The van der Waals surface area contributed by atoms with E-state index in [-0.39, 0.29) is 16.6 Å². The number of benzene rings is 2. The van der Waals surface area contributed by atoms with Crippen molar-refractivity contribution >= 4 is 52.0 Å². The third-order valence-electron chi connectivity index (χ3n) is 5.75. The lowest BCUT2D eigenvalue weighted by molar-refractivity contribution is 0.438. The quantitative estimate of drug-likeness (QED) is 0.234. The summed E-state index contributed by atoms with van der Waals surface area (Å²) in [4.78, 5) is 13.6. The zero-order valence-corrected chi connectivity index (χ0v) is 22.0. The predicted molar refractivity (Wildman–Crippen MR) is 140 cm³/mol. The fourth-order valence-electron chi connectivity index (χ4n) is 3.91. The van der Waals surface area contributed by atoms with Crippen molar-refractivity contribution in [3.05, 3.63) is 76.3 Å². The van der Waals surface area contributed by atoms with Gasteiger partial charge in [-0.2, -0.15) is 0 Å². The summed E-state index contributed by atoms with van der Waals surface area (Å²) in [7, 11) is 1.89. The highest BCUT2D eigenvalue weighted by Crippen LogP contribution is 2.41. The first kappa shape index (κ1) is 23.6. The summed E-state index contributed by atoms with van der Waals surface area (Å²) in [5, 5.41) is 0.844. The van der Waals surface area contributed by atoms with Crippen molar-refractivity contribution in [3.63, 3.8) is 0 Å². The molecule has 1 aliphatic carbocycles. The van der Waals surface area contributed by atoms with Gasteiger partial charge in [0, 0.05) is 82.0 Å². The third-order valence-corrected chi connectivity index (χ3v) is 9.34. The molecule has 1 unspecified atom stereocenters. The van der Waals surface area contributed by atoms with Crippen molar-refractivity contribution in [2.75, 3.05) is 0 Å². The fourth-order valence-corrected chi connectivity index (χ4v) is 7.22. The van der Waals surface area contributed by atoms with Crippen LogP contribution in [0.3, 0.4) is 0 Å². The van der Waals surface area contributed by atoms with Gasteiger partial charge in [-0.1, -0.05) is 0 Å². The number of halogens is 3. The van der Waals surface area contributed by atoms with Crippen LogP contribution in [0.2, 0.25) is 0 Å². The van der Waals surface area contributed by atoms with Gasteiger partial charge in [-0.15, -0.1) is 0 Å². The van der Waals surface area contributed by atoms with Gasteiger partial charge in [0.15, 0.2) is 11.6 Å². The Balaban J connectivity index is 1.75. The molecule has 0 saturated heterocycles. The number of aromatic nitrogens is 2. The lowest BCUT2D eigenvalue weighted by atomic mass is 10.0. The molecule has 34 heavy (non-hydrogen) atoms. The van der Waals surface area contributed by atoms with Crippen molar-refractivity contribution in [2.45, 2.75) is 29.9 Å². The Hall–Kier alpha value is -2.18. The van der Waals surface area contributed by atoms with E-state index in [1.54, 1.807) is 31.4 Å². The maximum atomic E-state index is 14.4. The van der Waals surface area contributed by atoms with Crippen LogP contribution in [-0.2, 0) is 17.8 Å². The second-order valence-electron chi connectivity index (χ2n) is 8.20. The molecule has 0 radical (unpaired) electrons. The van der Waals surface area contributed by atoms with Crippen molar-refractivity contribution < 1.29 is 17.7 Å². The number of rotatable bonds is 6. The van der Waals surface area contributed by atoms with E-state index in [2.05, 4.69) is 21.2 Å². The molecular weight excluding hydrogens is 593 g/mol. The van der Waals surface area contributed by atoms with Crippen LogP contribution in [0.25, 0.3) is 22.0 Å². The summed E-state index contributed by atoms with van der Waals surface area (Å²) in [5.41, 5.74) is 2.53. The van der Waals surface area contributed by atoms with Crippen LogP contribution < -0.4 is 10.3 Å². The number of aryl methyl sites for hydroxylation is 2. The highest BCUT2D eigenvalue weighted by atomic mass is 127. The van der Waals surface area contributed by atoms with Crippen LogP contribution >= 0.6 is 30.3 Å². The highest BCUT2D eigenvalue weighted by Gasteiger charge is 2.30. The van der Waals surface area contributed by atoms with Crippen LogP contribution in [0.4, 0.5) is 8.78 Å². The second kappa shape index (κ2) is 9.12. The maximum absolute atomic E-state index is 14.4. The van der Waals surface area contributed by atoms with Gasteiger partial charge >= 0.3 is 0 Å². The van der Waals surface area contributed by atoms with Crippen molar-refractivity contribution in [3.8, 4) is 22.6 Å². The molecule has 1 atom stereocenters. The smallest absolute Gasteiger partial charge is 0.275 e. The molecule has 4 aromatic rings. The second-order valence-corrected chi connectivity index (χ2v) is 11.6. The van der Waals surface area contributed by atoms with Crippen LogP contribution in [0.1, 0.15) is 18.5 Å². The number of hydrogen-bond donors (Lipinski definition) is 0. The number of pyridine rings is 1. The zero-order chi connectivity index (χ0) is 24.1. The molecule has 2 aromatic carbocycles. The molecule has 1 saturated carbocycles. The molecule has 0 aliphatic heterocycles. The van der Waals surface area contributed by atoms with Gasteiger partial charge < -0.3 is 9.30 Å². The highest BCUT2D eigenvalue weighted by molar-refractivity contribution is 14.2. The van der Waals surface area contributed by atoms with E-state index < -0.39 is 22.4 Å². The van der Waals surface area contributed by atoms with Gasteiger partial charge in [-0.25, -0.2) is 8.78 Å². The monoisotopic (exact) mass is 612 g/mol. The lowest BCUT2D eigenvalue weighted by Crippen LogP contribution is -2.18. The molecule has 5 nitrogen and oxygen atoms in total. The standard InChI is InChI=1S/C24H19F2IN2O3S2/c1-13-9-18-19(12-28(2)24(30)23(18)29(13)33-27)17-11-16(34(31)15-4-5-15)6-8-21(17)32-22-7-3-14(25)10-20(22)26/h3,6-12,15H,4-5H2,1-2H3. The van der Waals surface area contributed by atoms with Crippen LogP contribution in [0.5, 0.6) is 11.5 Å². The first-order valence-electron chi connectivity index (χ1n) is 10.5. The molecule has 0 N–H and O–H groups in total. The summed E-state index contributed by atoms with van der Waals surface area (Å²) >= 11 is 2.13. The Morgan fingerprint density at radius 1 is 1.09 bits per heavy atom. The molecule has 2 heterocycles. The number of nitrogens with zero attached hydrogens (tertiary/aromatic N) is 2. The Morgan fingerprint density at radius 3 is 2.50 bits per heavy atom. The molecule has 2 aromatic heterocycles. The molecule has 10 heteroatoms. The van der Waals surface area contributed by atoms with Gasteiger partial charge in [0.2, 0.25) is 0 Å². The molecule has 5 rings (SSSR count). The van der Waals surface area contributed by atoms with Crippen molar-refractivity contribution in [1.82, 2.24) is 8.54 Å². The lowest BCUT2D eigenvalue weighted by Gasteiger charge is -2.15. The molecule has 1 aliphatic rings. The van der Waals surface area contributed by atoms with E-state index in [0.717, 1.165) is 30.7 Å². The van der Waals surface area contributed by atoms with Crippen molar-refractivity contribution in [1.29, 1.82) is 0 Å². The van der Waals surface area contributed by atoms with E-state index in [4.69, 9.17) is 4.74 Å². The van der Waals surface area contributed by atoms with Crippen LogP contribution in [-0.4, -0.2) is 18.0 Å². The molecule has 0 amide bonds. The maximum Gasteiger partial charge on any atom is 0.275 e. The summed E-state index contributed by atoms with van der Waals surface area (Å²) in [5.74, 6) is -1.34. The Morgan fingerprint density at radius 2 is 1.82 bits per heavy atom. The Bertz CT molecular complexity index is 1530. The predicted octanol–water partition coefficient (Wildman–Crippen LogP) is 6.50. The third kappa shape index (κ3) is 4.20. The molecule has 1 fully saturated rings. The van der Waals surface area contributed by atoms with E-state index >= 15 is 0 Å². The summed E-state index contributed by atoms with van der Waals surface area (Å²) < 4.78 is 50.0. The minimum absolute atomic E-state index is 0.128. The van der Waals surface area contributed by atoms with Gasteiger partial charge in [0.05, 0.1) is 10.8 Å². The average Bonchev–Trinajstić information content (AvgIpc) is 3.60. The van der Waals surface area contributed by atoms with Crippen molar-refractivity contribution in [2.24, 2.45) is 7.05 Å². The van der Waals surface area contributed by atoms with E-state index in [9.17, 15) is 17.8 Å². The minimum Gasteiger partial charge on any atom is -0.454 e. The van der Waals surface area contributed by atoms with Crippen LogP contribution in [0.15, 0.2) is 58.4 Å². The number of ether oxygens (including phenoxy) is 1. The Labute approximate surface area is 213 Å². The first-order valence-corrected chi connectivity index (χ1v) is 15.0. The first-order chi connectivity index (χ1) is 16.3. The fraction of sp³-hybridized carbons (Fsp3) is 0.208. The van der Waals surface area contributed by atoms with Gasteiger partial charge in [0.25, 0.3) is 5.56 Å². The molecule has 176 valence electrons. The van der Waals surface area contributed by atoms with E-state index in [1.807, 2.05) is 17.0 Å². The topological polar surface area (TPSA) is 53.2 Å². The van der Waals surface area contributed by atoms with Gasteiger partial charge in [-0.3, -0.25) is 13.0 Å². The average molecular weight is 612 g/mol. The summed E-state index contributed by atoms with van der Waals surface area (Å²) in [6.07, 6.45) is 3.54. The summed E-state index contributed by atoms with van der Waals surface area (Å²) in [6, 6.07) is 10.2. The molecule has 0 spiro atoms. The van der Waals surface area contributed by atoms with Gasteiger partial charge in [0.1, 0.15) is 17.1 Å². The molecule has 0 bridgehead atoms. The SMILES string of the molecule is Cc1cc2c(-c3cc(S(=O)C4CC4)ccc3Oc3ccc(F)cc3F)cn(C)c(=O)c2n1SI. The number of fused-ring (bicyclic) bond motifs is 1. The molecular formula is C24H19F2IN2O3S2. The van der Waals surface area contributed by atoms with E-state index in [0.29, 0.717) is 32.7 Å². The number of hydrogen-bond acceptors (Lipinski definition) is 4. The summed E-state index contributed by atoms with van der Waals surface area (Å²) in [6.45, 7) is 1.92. The van der Waals surface area contributed by atoms with Crippen LogP contribution in [0, 0.1) is 18.6 Å².